The Kier molecular flexibility index (Phi) is 5.35. The SMILES string of the molecule is COc1ccc2nc(CNC(=O)CC[C@H]3CCCCN3C)[nH]c2c1. The van der Waals surface area contributed by atoms with Gasteiger partial charge in [0.15, 0.2) is 0 Å². The molecule has 1 aliphatic rings. The van der Waals surface area contributed by atoms with Crippen molar-refractivity contribution in [1.82, 2.24) is 20.2 Å². The zero-order valence-electron chi connectivity index (χ0n) is 14.5. The van der Waals surface area contributed by atoms with Gasteiger partial charge in [-0.3, -0.25) is 4.79 Å². The summed E-state index contributed by atoms with van der Waals surface area (Å²) in [6, 6.07) is 6.25. The van der Waals surface area contributed by atoms with Crippen molar-refractivity contribution in [3.63, 3.8) is 0 Å². The summed E-state index contributed by atoms with van der Waals surface area (Å²) in [6.07, 6.45) is 5.26. The van der Waals surface area contributed by atoms with Crippen LogP contribution in [0, 0.1) is 0 Å². The molecule has 6 nitrogen and oxygen atoms in total. The maximum Gasteiger partial charge on any atom is 0.220 e. The van der Waals surface area contributed by atoms with Crippen LogP contribution in [0.1, 0.15) is 37.9 Å². The van der Waals surface area contributed by atoms with E-state index >= 15 is 0 Å². The highest BCUT2D eigenvalue weighted by molar-refractivity contribution is 5.78. The minimum atomic E-state index is 0.0898. The topological polar surface area (TPSA) is 70.2 Å². The monoisotopic (exact) mass is 330 g/mol. The Morgan fingerprint density at radius 1 is 1.46 bits per heavy atom. The van der Waals surface area contributed by atoms with E-state index in [0.29, 0.717) is 19.0 Å². The fourth-order valence-corrected chi connectivity index (χ4v) is 3.33. The first-order chi connectivity index (χ1) is 11.7. The highest BCUT2D eigenvalue weighted by Gasteiger charge is 2.19. The van der Waals surface area contributed by atoms with Crippen LogP contribution in [0.25, 0.3) is 11.0 Å². The minimum Gasteiger partial charge on any atom is -0.497 e. The number of hydrogen-bond acceptors (Lipinski definition) is 4. The Labute approximate surface area is 142 Å². The standard InChI is InChI=1S/C18H26N4O2/c1-22-10-4-3-5-13(22)6-9-18(23)19-12-17-20-15-8-7-14(24-2)11-16(15)21-17/h7-8,11,13H,3-6,9-10,12H2,1-2H3,(H,19,23)(H,20,21)/t13-/m1/s1. The number of likely N-dealkylation sites (tertiary alicyclic amines) is 1. The van der Waals surface area contributed by atoms with Crippen molar-refractivity contribution in [2.75, 3.05) is 20.7 Å². The predicted molar refractivity (Wildman–Crippen MR) is 94.0 cm³/mol. The van der Waals surface area contributed by atoms with E-state index < -0.39 is 0 Å². The summed E-state index contributed by atoms with van der Waals surface area (Å²) >= 11 is 0. The first-order valence-corrected chi connectivity index (χ1v) is 8.65. The molecule has 24 heavy (non-hydrogen) atoms. The van der Waals surface area contributed by atoms with E-state index in [0.717, 1.165) is 35.6 Å². The molecule has 0 aliphatic carbocycles. The molecule has 0 radical (unpaired) electrons. The average Bonchev–Trinajstić information content (AvgIpc) is 3.01. The fraction of sp³-hybridized carbons (Fsp3) is 0.556. The molecule has 2 heterocycles. The van der Waals surface area contributed by atoms with Gasteiger partial charge in [-0.15, -0.1) is 0 Å². The van der Waals surface area contributed by atoms with Crippen molar-refractivity contribution in [3.05, 3.63) is 24.0 Å². The number of hydrogen-bond donors (Lipinski definition) is 2. The third-order valence-corrected chi connectivity index (χ3v) is 4.82. The maximum absolute atomic E-state index is 12.1. The molecule has 1 aromatic carbocycles. The molecule has 3 rings (SSSR count). The van der Waals surface area contributed by atoms with Crippen LogP contribution in [0.4, 0.5) is 0 Å². The smallest absolute Gasteiger partial charge is 0.220 e. The number of nitrogens with zero attached hydrogens (tertiary/aromatic N) is 2. The van der Waals surface area contributed by atoms with Gasteiger partial charge in [-0.2, -0.15) is 0 Å². The first-order valence-electron chi connectivity index (χ1n) is 8.65. The molecular formula is C18H26N4O2. The highest BCUT2D eigenvalue weighted by Crippen LogP contribution is 2.20. The van der Waals surface area contributed by atoms with Crippen molar-refractivity contribution >= 4 is 16.9 Å². The molecule has 0 bridgehead atoms. The second kappa shape index (κ2) is 7.66. The molecule has 1 fully saturated rings. The molecule has 1 aliphatic heterocycles. The van der Waals surface area contributed by atoms with Gasteiger partial charge >= 0.3 is 0 Å². The molecule has 1 amide bonds. The number of aromatic nitrogens is 2. The quantitative estimate of drug-likeness (QED) is 0.853. The molecule has 2 aromatic rings. The number of carbonyl (C=O) groups excluding carboxylic acids is 1. The van der Waals surface area contributed by atoms with E-state index in [1.807, 2.05) is 18.2 Å². The molecule has 1 atom stereocenters. The highest BCUT2D eigenvalue weighted by atomic mass is 16.5. The van der Waals surface area contributed by atoms with Crippen LogP contribution < -0.4 is 10.1 Å². The maximum atomic E-state index is 12.1. The van der Waals surface area contributed by atoms with Crippen LogP contribution in [0.3, 0.4) is 0 Å². The Balaban J connectivity index is 1.49. The van der Waals surface area contributed by atoms with Gasteiger partial charge in [0.25, 0.3) is 0 Å². The number of fused-ring (bicyclic) bond motifs is 1. The number of benzene rings is 1. The number of amides is 1. The van der Waals surface area contributed by atoms with Crippen LogP contribution in [-0.4, -0.2) is 47.5 Å². The summed E-state index contributed by atoms with van der Waals surface area (Å²) in [4.78, 5) is 22.2. The summed E-state index contributed by atoms with van der Waals surface area (Å²) in [5, 5.41) is 2.96. The van der Waals surface area contributed by atoms with E-state index in [-0.39, 0.29) is 5.91 Å². The minimum absolute atomic E-state index is 0.0898. The lowest BCUT2D eigenvalue weighted by Crippen LogP contribution is -2.37. The van der Waals surface area contributed by atoms with Gasteiger partial charge in [0, 0.05) is 18.5 Å². The lowest BCUT2D eigenvalue weighted by molar-refractivity contribution is -0.121. The number of aromatic amines is 1. The molecule has 0 saturated carbocycles. The van der Waals surface area contributed by atoms with E-state index in [9.17, 15) is 4.79 Å². The van der Waals surface area contributed by atoms with E-state index in [1.165, 1.54) is 19.3 Å². The summed E-state index contributed by atoms with van der Waals surface area (Å²) in [6.45, 7) is 1.57. The van der Waals surface area contributed by atoms with Crippen LogP contribution in [0.2, 0.25) is 0 Å². The van der Waals surface area contributed by atoms with E-state index in [2.05, 4.69) is 27.2 Å². The lowest BCUT2D eigenvalue weighted by Gasteiger charge is -2.32. The normalized spacial score (nSPS) is 18.7. The van der Waals surface area contributed by atoms with Crippen molar-refractivity contribution in [2.45, 2.75) is 44.7 Å². The zero-order valence-corrected chi connectivity index (χ0v) is 14.5. The number of nitrogens with one attached hydrogen (secondary N) is 2. The number of imidazole rings is 1. The lowest BCUT2D eigenvalue weighted by atomic mass is 9.98. The van der Waals surface area contributed by atoms with Crippen LogP contribution in [0.15, 0.2) is 18.2 Å². The third-order valence-electron chi connectivity index (χ3n) is 4.82. The number of H-pyrrole nitrogens is 1. The summed E-state index contributed by atoms with van der Waals surface area (Å²) < 4.78 is 5.21. The largest absolute Gasteiger partial charge is 0.497 e. The number of carbonyl (C=O) groups is 1. The van der Waals surface area contributed by atoms with E-state index in [1.54, 1.807) is 7.11 Å². The van der Waals surface area contributed by atoms with Crippen molar-refractivity contribution in [3.8, 4) is 5.75 Å². The third kappa shape index (κ3) is 4.06. The molecular weight excluding hydrogens is 304 g/mol. The number of methoxy groups -OCH3 is 1. The molecule has 2 N–H and O–H groups in total. The molecule has 6 heteroatoms. The second-order valence-corrected chi connectivity index (χ2v) is 6.51. The predicted octanol–water partition coefficient (Wildman–Crippen LogP) is 2.45. The Morgan fingerprint density at radius 2 is 2.33 bits per heavy atom. The van der Waals surface area contributed by atoms with Crippen LogP contribution in [0.5, 0.6) is 5.75 Å². The summed E-state index contributed by atoms with van der Waals surface area (Å²) in [5.41, 5.74) is 1.80. The Hall–Kier alpha value is -2.08. The van der Waals surface area contributed by atoms with Crippen molar-refractivity contribution in [1.29, 1.82) is 0 Å². The van der Waals surface area contributed by atoms with Gasteiger partial charge in [-0.05, 0) is 45.0 Å². The van der Waals surface area contributed by atoms with Gasteiger partial charge in [0.1, 0.15) is 11.6 Å². The van der Waals surface area contributed by atoms with Gasteiger partial charge in [0.05, 0.1) is 24.7 Å². The molecule has 1 saturated heterocycles. The zero-order chi connectivity index (χ0) is 16.9. The average molecular weight is 330 g/mol. The van der Waals surface area contributed by atoms with Crippen LogP contribution in [-0.2, 0) is 11.3 Å². The molecule has 130 valence electrons. The van der Waals surface area contributed by atoms with Gasteiger partial charge in [0.2, 0.25) is 5.91 Å². The molecule has 0 spiro atoms. The fourth-order valence-electron chi connectivity index (χ4n) is 3.33. The number of piperidine rings is 1. The molecule has 1 aromatic heterocycles. The number of rotatable bonds is 6. The second-order valence-electron chi connectivity index (χ2n) is 6.51. The van der Waals surface area contributed by atoms with Gasteiger partial charge in [-0.25, -0.2) is 4.98 Å². The number of ether oxygens (including phenoxy) is 1. The van der Waals surface area contributed by atoms with E-state index in [4.69, 9.17) is 4.74 Å². The van der Waals surface area contributed by atoms with Crippen LogP contribution >= 0.6 is 0 Å². The van der Waals surface area contributed by atoms with Crippen molar-refractivity contribution < 1.29 is 9.53 Å². The molecule has 0 unspecified atom stereocenters. The van der Waals surface area contributed by atoms with Gasteiger partial charge in [-0.1, -0.05) is 6.42 Å². The Bertz CT molecular complexity index is 697. The summed E-state index contributed by atoms with van der Waals surface area (Å²) in [5.74, 6) is 1.65. The first kappa shape index (κ1) is 16.8. The van der Waals surface area contributed by atoms with Crippen molar-refractivity contribution in [2.24, 2.45) is 0 Å². The Morgan fingerprint density at radius 3 is 3.12 bits per heavy atom. The summed E-state index contributed by atoms with van der Waals surface area (Å²) in [7, 11) is 3.80. The van der Waals surface area contributed by atoms with Gasteiger partial charge < -0.3 is 19.9 Å².